The molecule has 144 valence electrons. The van der Waals surface area contributed by atoms with E-state index in [-0.39, 0.29) is 16.5 Å². The third-order valence-corrected chi connectivity index (χ3v) is 4.91. The largest absolute Gasteiger partial charge is 0.366 e. The average molecular weight is 390 g/mol. The highest BCUT2D eigenvalue weighted by molar-refractivity contribution is 6.33. The fourth-order valence-corrected chi connectivity index (χ4v) is 3.32. The Hall–Kier alpha value is -2.38. The van der Waals surface area contributed by atoms with Crippen molar-refractivity contribution >= 4 is 23.2 Å². The van der Waals surface area contributed by atoms with Gasteiger partial charge in [-0.15, -0.1) is 0 Å². The molecular weight excluding hydrogens is 366 g/mol. The lowest BCUT2D eigenvalue weighted by atomic mass is 10.2. The molecule has 0 saturated carbocycles. The number of para-hydroxylation sites is 1. The van der Waals surface area contributed by atoms with Crippen molar-refractivity contribution in [2.24, 2.45) is 0 Å². The summed E-state index contributed by atoms with van der Waals surface area (Å²) in [6.45, 7) is 5.99. The van der Waals surface area contributed by atoms with E-state index >= 15 is 0 Å². The van der Waals surface area contributed by atoms with Crippen molar-refractivity contribution in [1.29, 1.82) is 0 Å². The van der Waals surface area contributed by atoms with Crippen molar-refractivity contribution in [3.8, 4) is 5.69 Å². The lowest BCUT2D eigenvalue weighted by Crippen LogP contribution is -2.50. The van der Waals surface area contributed by atoms with Crippen LogP contribution in [-0.2, 0) is 4.79 Å². The minimum Gasteiger partial charge on any atom is -0.366 e. The standard InChI is InChI=1S/C19H24ClN5O2/c1-2-8-21-17(26)14-23-9-11-24(12-10-23)16-13-22-25(19(27)18(16)20)15-6-4-3-5-7-15/h3-7,13H,2,8-12,14H2,1H3,(H,21,26). The smallest absolute Gasteiger partial charge is 0.292 e. The first-order valence-electron chi connectivity index (χ1n) is 9.17. The van der Waals surface area contributed by atoms with E-state index in [9.17, 15) is 9.59 Å². The Labute approximate surface area is 163 Å². The van der Waals surface area contributed by atoms with E-state index < -0.39 is 0 Å². The van der Waals surface area contributed by atoms with Crippen molar-refractivity contribution in [3.63, 3.8) is 0 Å². The predicted octanol–water partition coefficient (Wildman–Crippen LogP) is 1.53. The minimum atomic E-state index is -0.332. The van der Waals surface area contributed by atoms with Gasteiger partial charge < -0.3 is 10.2 Å². The molecule has 1 aliphatic rings. The Kier molecular flexibility index (Phi) is 6.47. The molecule has 0 radical (unpaired) electrons. The SMILES string of the molecule is CCCNC(=O)CN1CCN(c2cnn(-c3ccccc3)c(=O)c2Cl)CC1. The van der Waals surface area contributed by atoms with Gasteiger partial charge in [0.1, 0.15) is 5.02 Å². The summed E-state index contributed by atoms with van der Waals surface area (Å²) in [7, 11) is 0. The molecule has 2 heterocycles. The maximum absolute atomic E-state index is 12.6. The molecule has 7 nitrogen and oxygen atoms in total. The third-order valence-electron chi connectivity index (χ3n) is 4.55. The van der Waals surface area contributed by atoms with Crippen LogP contribution in [0, 0.1) is 0 Å². The Bertz CT molecular complexity index is 832. The van der Waals surface area contributed by atoms with E-state index in [0.717, 1.165) is 19.5 Å². The fraction of sp³-hybridized carbons (Fsp3) is 0.421. The van der Waals surface area contributed by atoms with E-state index in [4.69, 9.17) is 11.6 Å². The fourth-order valence-electron chi connectivity index (χ4n) is 3.07. The highest BCUT2D eigenvalue weighted by Gasteiger charge is 2.22. The van der Waals surface area contributed by atoms with E-state index in [1.54, 1.807) is 6.20 Å². The van der Waals surface area contributed by atoms with Crippen LogP contribution in [0.4, 0.5) is 5.69 Å². The van der Waals surface area contributed by atoms with Gasteiger partial charge in [0.05, 0.1) is 24.1 Å². The molecule has 1 aliphatic heterocycles. The Morgan fingerprint density at radius 3 is 2.56 bits per heavy atom. The monoisotopic (exact) mass is 389 g/mol. The van der Waals surface area contributed by atoms with Crippen LogP contribution in [0.15, 0.2) is 41.3 Å². The number of hydrogen-bond donors (Lipinski definition) is 1. The summed E-state index contributed by atoms with van der Waals surface area (Å²) >= 11 is 6.37. The first kappa shape index (κ1) is 19.4. The van der Waals surface area contributed by atoms with Gasteiger partial charge in [0.2, 0.25) is 5.91 Å². The summed E-state index contributed by atoms with van der Waals surface area (Å²) in [5.74, 6) is 0.0513. The molecule has 1 aromatic carbocycles. The Morgan fingerprint density at radius 2 is 1.89 bits per heavy atom. The number of halogens is 1. The van der Waals surface area contributed by atoms with Gasteiger partial charge >= 0.3 is 0 Å². The van der Waals surface area contributed by atoms with Gasteiger partial charge in [-0.05, 0) is 18.6 Å². The van der Waals surface area contributed by atoms with Gasteiger partial charge in [-0.3, -0.25) is 14.5 Å². The number of rotatable bonds is 6. The Balaban J connectivity index is 1.66. The predicted molar refractivity (Wildman–Crippen MR) is 107 cm³/mol. The Morgan fingerprint density at radius 1 is 1.19 bits per heavy atom. The molecule has 0 spiro atoms. The zero-order valence-corrected chi connectivity index (χ0v) is 16.2. The van der Waals surface area contributed by atoms with Gasteiger partial charge in [0, 0.05) is 32.7 Å². The number of nitrogens with one attached hydrogen (secondary N) is 1. The molecule has 3 rings (SSSR count). The topological polar surface area (TPSA) is 70.5 Å². The minimum absolute atomic E-state index is 0.0513. The number of benzene rings is 1. The number of nitrogens with zero attached hydrogens (tertiary/aromatic N) is 4. The van der Waals surface area contributed by atoms with Crippen LogP contribution >= 0.6 is 11.6 Å². The van der Waals surface area contributed by atoms with Crippen LogP contribution in [0.25, 0.3) is 5.69 Å². The van der Waals surface area contributed by atoms with E-state index in [1.807, 2.05) is 42.2 Å². The van der Waals surface area contributed by atoms with E-state index in [2.05, 4.69) is 15.3 Å². The molecule has 0 aliphatic carbocycles. The van der Waals surface area contributed by atoms with Gasteiger partial charge in [0.25, 0.3) is 5.56 Å². The van der Waals surface area contributed by atoms with E-state index in [1.165, 1.54) is 4.68 Å². The second-order valence-corrected chi connectivity index (χ2v) is 6.89. The van der Waals surface area contributed by atoms with Crippen LogP contribution < -0.4 is 15.8 Å². The molecule has 1 amide bonds. The summed E-state index contributed by atoms with van der Waals surface area (Å²) in [5, 5.41) is 7.35. The maximum atomic E-state index is 12.6. The van der Waals surface area contributed by atoms with Crippen LogP contribution in [0.5, 0.6) is 0 Å². The summed E-state index contributed by atoms with van der Waals surface area (Å²) < 4.78 is 1.31. The van der Waals surface area contributed by atoms with Gasteiger partial charge in [0.15, 0.2) is 0 Å². The second-order valence-electron chi connectivity index (χ2n) is 6.51. The highest BCUT2D eigenvalue weighted by atomic mass is 35.5. The highest BCUT2D eigenvalue weighted by Crippen LogP contribution is 2.23. The van der Waals surface area contributed by atoms with E-state index in [0.29, 0.717) is 37.6 Å². The molecule has 1 saturated heterocycles. The quantitative estimate of drug-likeness (QED) is 0.811. The van der Waals surface area contributed by atoms with Crippen molar-refractivity contribution in [1.82, 2.24) is 20.0 Å². The molecule has 0 unspecified atom stereocenters. The van der Waals surface area contributed by atoms with Crippen LogP contribution in [0.2, 0.25) is 5.02 Å². The van der Waals surface area contributed by atoms with Gasteiger partial charge in [-0.25, -0.2) is 0 Å². The van der Waals surface area contributed by atoms with Crippen molar-refractivity contribution in [3.05, 3.63) is 51.9 Å². The average Bonchev–Trinajstić information content (AvgIpc) is 2.70. The molecule has 1 N–H and O–H groups in total. The summed E-state index contributed by atoms with van der Waals surface area (Å²) in [6.07, 6.45) is 2.57. The lowest BCUT2D eigenvalue weighted by Gasteiger charge is -2.35. The van der Waals surface area contributed by atoms with Gasteiger partial charge in [-0.2, -0.15) is 9.78 Å². The lowest BCUT2D eigenvalue weighted by molar-refractivity contribution is -0.122. The number of carbonyl (C=O) groups excluding carboxylic acids is 1. The third kappa shape index (κ3) is 4.67. The number of anilines is 1. The molecule has 1 fully saturated rings. The first-order valence-corrected chi connectivity index (χ1v) is 9.55. The zero-order valence-electron chi connectivity index (χ0n) is 15.4. The molecule has 2 aromatic rings. The van der Waals surface area contributed by atoms with Gasteiger partial charge in [-0.1, -0.05) is 36.7 Å². The number of piperazine rings is 1. The second kappa shape index (κ2) is 9.01. The molecule has 8 heteroatoms. The summed E-state index contributed by atoms with van der Waals surface area (Å²) in [6, 6.07) is 9.20. The van der Waals surface area contributed by atoms with Crippen molar-refractivity contribution in [2.45, 2.75) is 13.3 Å². The molecule has 1 aromatic heterocycles. The number of hydrogen-bond acceptors (Lipinski definition) is 5. The van der Waals surface area contributed by atoms with Crippen LogP contribution in [-0.4, -0.2) is 59.9 Å². The number of carbonyl (C=O) groups is 1. The maximum Gasteiger partial charge on any atom is 0.292 e. The molecule has 0 bridgehead atoms. The zero-order chi connectivity index (χ0) is 19.2. The normalized spacial score (nSPS) is 15.0. The van der Waals surface area contributed by atoms with Crippen LogP contribution in [0.3, 0.4) is 0 Å². The summed E-state index contributed by atoms with van der Waals surface area (Å²) in [4.78, 5) is 28.6. The number of aromatic nitrogens is 2. The molecule has 27 heavy (non-hydrogen) atoms. The molecular formula is C19H24ClN5O2. The first-order chi connectivity index (χ1) is 13.1. The van der Waals surface area contributed by atoms with Crippen molar-refractivity contribution in [2.75, 3.05) is 44.2 Å². The summed E-state index contributed by atoms with van der Waals surface area (Å²) in [5.41, 5.74) is 0.990. The van der Waals surface area contributed by atoms with Crippen molar-refractivity contribution < 1.29 is 4.79 Å². The van der Waals surface area contributed by atoms with Crippen LogP contribution in [0.1, 0.15) is 13.3 Å². The molecule has 0 atom stereocenters. The number of amides is 1.